The van der Waals surface area contributed by atoms with E-state index in [0.29, 0.717) is 17.1 Å². The second kappa shape index (κ2) is 10.2. The van der Waals surface area contributed by atoms with Gasteiger partial charge >= 0.3 is 10.1 Å². The van der Waals surface area contributed by atoms with Crippen LogP contribution in [0, 0.1) is 18.3 Å². The molecule has 11 heteroatoms. The topological polar surface area (TPSA) is 131 Å². The highest BCUT2D eigenvalue weighted by Crippen LogP contribution is 2.31. The Morgan fingerprint density at radius 2 is 1.91 bits per heavy atom. The number of nitrogens with one attached hydrogen (secondary N) is 1. The summed E-state index contributed by atoms with van der Waals surface area (Å²) in [6.07, 6.45) is 2.03. The predicted octanol–water partition coefficient (Wildman–Crippen LogP) is 3.73. The van der Waals surface area contributed by atoms with Crippen molar-refractivity contribution in [3.8, 4) is 17.6 Å². The number of hydrogen-bond acceptors (Lipinski definition) is 9. The molecule has 0 radical (unpaired) electrons. The van der Waals surface area contributed by atoms with Crippen LogP contribution in [-0.2, 0) is 21.3 Å². The first kappa shape index (κ1) is 23.9. The summed E-state index contributed by atoms with van der Waals surface area (Å²) < 4.78 is 35.7. The van der Waals surface area contributed by atoms with Gasteiger partial charge in [-0.25, -0.2) is 0 Å². The maximum atomic E-state index is 12.6. The lowest BCUT2D eigenvalue weighted by molar-refractivity contribution is -0.112. The summed E-state index contributed by atoms with van der Waals surface area (Å²) >= 11 is 1.22. The molecule has 170 valence electrons. The molecule has 0 fully saturated rings. The van der Waals surface area contributed by atoms with E-state index in [1.807, 2.05) is 19.9 Å². The number of methoxy groups -OCH3 is 1. The zero-order chi connectivity index (χ0) is 24.0. The number of aromatic nitrogens is 2. The van der Waals surface area contributed by atoms with Gasteiger partial charge in [-0.2, -0.15) is 13.7 Å². The SMILES string of the molecule is CCc1nnc(NC(=O)/C(C#N)=C\c2ccc(OS(=O)(=O)c3ccc(C)cc3)c(OC)c2)s1. The highest BCUT2D eigenvalue weighted by molar-refractivity contribution is 7.87. The third-order valence-corrected chi connectivity index (χ3v) is 6.59. The minimum atomic E-state index is -4.08. The van der Waals surface area contributed by atoms with Gasteiger partial charge in [-0.05, 0) is 49.2 Å². The van der Waals surface area contributed by atoms with E-state index in [1.54, 1.807) is 12.1 Å². The van der Waals surface area contributed by atoms with Gasteiger partial charge in [-0.1, -0.05) is 42.0 Å². The van der Waals surface area contributed by atoms with Crippen LogP contribution in [0.3, 0.4) is 0 Å². The standard InChI is InChI=1S/C22H20N4O5S2/c1-4-20-25-26-22(32-20)24-21(27)16(13-23)11-15-7-10-18(19(12-15)30-3)31-33(28,29)17-8-5-14(2)6-9-17/h5-12H,4H2,1-3H3,(H,24,26,27)/b16-11-. The van der Waals surface area contributed by atoms with Crippen LogP contribution in [0.2, 0.25) is 0 Å². The van der Waals surface area contributed by atoms with E-state index in [4.69, 9.17) is 8.92 Å². The molecule has 33 heavy (non-hydrogen) atoms. The Labute approximate surface area is 195 Å². The van der Waals surface area contributed by atoms with Crippen molar-refractivity contribution < 1.29 is 22.1 Å². The van der Waals surface area contributed by atoms with Gasteiger partial charge in [0.25, 0.3) is 5.91 Å². The van der Waals surface area contributed by atoms with Crippen molar-refractivity contribution >= 4 is 38.6 Å². The molecule has 3 rings (SSSR count). The molecule has 9 nitrogen and oxygen atoms in total. The zero-order valence-electron chi connectivity index (χ0n) is 18.0. The van der Waals surface area contributed by atoms with E-state index in [-0.39, 0.29) is 22.0 Å². The molecule has 1 amide bonds. The number of ether oxygens (including phenoxy) is 1. The summed E-state index contributed by atoms with van der Waals surface area (Å²) in [5, 5.41) is 20.8. The third-order valence-electron chi connectivity index (χ3n) is 4.36. The fourth-order valence-electron chi connectivity index (χ4n) is 2.64. The summed E-state index contributed by atoms with van der Waals surface area (Å²) in [4.78, 5) is 12.4. The highest BCUT2D eigenvalue weighted by Gasteiger charge is 2.19. The summed E-state index contributed by atoms with van der Waals surface area (Å²) in [6, 6.07) is 12.4. The lowest BCUT2D eigenvalue weighted by Gasteiger charge is -2.11. The molecule has 0 spiro atoms. The van der Waals surface area contributed by atoms with Crippen LogP contribution >= 0.6 is 11.3 Å². The van der Waals surface area contributed by atoms with E-state index < -0.39 is 16.0 Å². The Bertz CT molecular complexity index is 1340. The van der Waals surface area contributed by atoms with Crippen molar-refractivity contribution in [1.29, 1.82) is 5.26 Å². The molecule has 0 unspecified atom stereocenters. The molecule has 1 heterocycles. The number of carbonyl (C=O) groups excluding carboxylic acids is 1. The second-order valence-electron chi connectivity index (χ2n) is 6.74. The lowest BCUT2D eigenvalue weighted by atomic mass is 10.1. The Morgan fingerprint density at radius 1 is 1.18 bits per heavy atom. The van der Waals surface area contributed by atoms with E-state index in [0.717, 1.165) is 10.6 Å². The number of aryl methyl sites for hydroxylation is 2. The maximum absolute atomic E-state index is 12.6. The predicted molar refractivity (Wildman–Crippen MR) is 123 cm³/mol. The maximum Gasteiger partial charge on any atom is 0.339 e. The van der Waals surface area contributed by atoms with Crippen molar-refractivity contribution in [2.75, 3.05) is 12.4 Å². The van der Waals surface area contributed by atoms with E-state index in [2.05, 4.69) is 15.5 Å². The first-order chi connectivity index (χ1) is 15.7. The van der Waals surface area contributed by atoms with Crippen LogP contribution < -0.4 is 14.2 Å². The first-order valence-corrected chi connectivity index (χ1v) is 11.9. The highest BCUT2D eigenvalue weighted by atomic mass is 32.2. The molecule has 0 bridgehead atoms. The molecule has 2 aromatic carbocycles. The normalized spacial score (nSPS) is 11.5. The average Bonchev–Trinajstić information content (AvgIpc) is 3.25. The lowest BCUT2D eigenvalue weighted by Crippen LogP contribution is -2.13. The molecule has 1 aromatic heterocycles. The molecule has 0 atom stereocenters. The van der Waals surface area contributed by atoms with Gasteiger partial charge in [0.15, 0.2) is 11.5 Å². The molecular formula is C22H20N4O5S2. The largest absolute Gasteiger partial charge is 0.493 e. The number of nitriles is 1. The van der Waals surface area contributed by atoms with Crippen LogP contribution in [0.4, 0.5) is 5.13 Å². The van der Waals surface area contributed by atoms with Crippen molar-refractivity contribution in [2.24, 2.45) is 0 Å². The fourth-order valence-corrected chi connectivity index (χ4v) is 4.26. The summed E-state index contributed by atoms with van der Waals surface area (Å²) in [5.41, 5.74) is 1.17. The molecule has 3 aromatic rings. The van der Waals surface area contributed by atoms with Crippen molar-refractivity contribution in [3.63, 3.8) is 0 Å². The smallest absolute Gasteiger partial charge is 0.339 e. The number of rotatable bonds is 8. The third kappa shape index (κ3) is 5.94. The van der Waals surface area contributed by atoms with Gasteiger partial charge in [0.05, 0.1) is 7.11 Å². The Kier molecular flexibility index (Phi) is 7.42. The van der Waals surface area contributed by atoms with Crippen LogP contribution in [0.1, 0.15) is 23.1 Å². The summed E-state index contributed by atoms with van der Waals surface area (Å²) in [7, 11) is -2.72. The van der Waals surface area contributed by atoms with E-state index in [9.17, 15) is 18.5 Å². The number of amides is 1. The molecule has 0 saturated heterocycles. The summed E-state index contributed by atoms with van der Waals surface area (Å²) in [5.74, 6) is -0.550. The molecular weight excluding hydrogens is 464 g/mol. The number of hydrogen-bond donors (Lipinski definition) is 1. The van der Waals surface area contributed by atoms with Gasteiger partial charge in [0.2, 0.25) is 5.13 Å². The minimum absolute atomic E-state index is 0.00506. The van der Waals surface area contributed by atoms with Crippen LogP contribution in [-0.4, -0.2) is 31.6 Å². The van der Waals surface area contributed by atoms with Gasteiger partial charge in [0, 0.05) is 0 Å². The van der Waals surface area contributed by atoms with Crippen molar-refractivity contribution in [3.05, 3.63) is 64.2 Å². The zero-order valence-corrected chi connectivity index (χ0v) is 19.7. The van der Waals surface area contributed by atoms with Crippen molar-refractivity contribution in [2.45, 2.75) is 25.2 Å². The quantitative estimate of drug-likeness (QED) is 0.291. The number of carbonyl (C=O) groups is 1. The number of nitrogens with zero attached hydrogens (tertiary/aromatic N) is 3. The van der Waals surface area contributed by atoms with Crippen molar-refractivity contribution in [1.82, 2.24) is 10.2 Å². The Balaban J connectivity index is 1.82. The Morgan fingerprint density at radius 3 is 2.52 bits per heavy atom. The van der Waals surface area contributed by atoms with E-state index in [1.165, 1.54) is 54.9 Å². The van der Waals surface area contributed by atoms with Crippen LogP contribution in [0.25, 0.3) is 6.08 Å². The fraction of sp³-hybridized carbons (Fsp3) is 0.182. The second-order valence-corrected chi connectivity index (χ2v) is 9.35. The average molecular weight is 485 g/mol. The molecule has 0 aliphatic heterocycles. The van der Waals surface area contributed by atoms with Crippen LogP contribution in [0.15, 0.2) is 52.9 Å². The minimum Gasteiger partial charge on any atom is -0.493 e. The van der Waals surface area contributed by atoms with Gasteiger partial charge in [0.1, 0.15) is 21.5 Å². The van der Waals surface area contributed by atoms with Gasteiger partial charge < -0.3 is 8.92 Å². The molecule has 0 saturated carbocycles. The van der Waals surface area contributed by atoms with E-state index >= 15 is 0 Å². The van der Waals surface area contributed by atoms with Gasteiger partial charge in [-0.3, -0.25) is 10.1 Å². The molecule has 1 N–H and O–H groups in total. The monoisotopic (exact) mass is 484 g/mol. The summed E-state index contributed by atoms with van der Waals surface area (Å²) in [6.45, 7) is 3.76. The first-order valence-electron chi connectivity index (χ1n) is 9.70. The van der Waals surface area contributed by atoms with Crippen LogP contribution in [0.5, 0.6) is 11.5 Å². The van der Waals surface area contributed by atoms with Gasteiger partial charge in [-0.15, -0.1) is 10.2 Å². The Hall–Kier alpha value is -3.75. The number of benzene rings is 2. The number of anilines is 1. The molecule has 0 aliphatic rings. The molecule has 0 aliphatic carbocycles.